The lowest BCUT2D eigenvalue weighted by Gasteiger charge is -2.21. The van der Waals surface area contributed by atoms with Gasteiger partial charge in [0.2, 0.25) is 11.8 Å². The van der Waals surface area contributed by atoms with Crippen LogP contribution in [-0.4, -0.2) is 50.6 Å². The van der Waals surface area contributed by atoms with E-state index >= 15 is 0 Å². The molecule has 9 nitrogen and oxygen atoms in total. The molecule has 3 rings (SSSR count). The van der Waals surface area contributed by atoms with E-state index < -0.39 is 11.9 Å². The van der Waals surface area contributed by atoms with Crippen LogP contribution in [0.2, 0.25) is 0 Å². The van der Waals surface area contributed by atoms with E-state index in [1.54, 1.807) is 11.0 Å². The molecule has 0 unspecified atom stereocenters. The number of benzene rings is 1. The van der Waals surface area contributed by atoms with E-state index in [1.807, 2.05) is 30.3 Å². The summed E-state index contributed by atoms with van der Waals surface area (Å²) in [6, 6.07) is 8.78. The monoisotopic (exact) mass is 342 g/mol. The third-order valence-corrected chi connectivity index (χ3v) is 3.85. The molecule has 1 aromatic heterocycles. The van der Waals surface area contributed by atoms with E-state index in [9.17, 15) is 14.4 Å². The Morgan fingerprint density at radius 2 is 2.08 bits per heavy atom. The van der Waals surface area contributed by atoms with Crippen LogP contribution in [0, 0.1) is 0 Å². The molecule has 1 atom stereocenters. The number of hydrogen-bond acceptors (Lipinski definition) is 5. The van der Waals surface area contributed by atoms with E-state index in [0.29, 0.717) is 13.0 Å². The van der Waals surface area contributed by atoms with Gasteiger partial charge in [0.15, 0.2) is 0 Å². The van der Waals surface area contributed by atoms with Gasteiger partial charge >= 0.3 is 6.03 Å². The van der Waals surface area contributed by atoms with Gasteiger partial charge in [-0.15, -0.1) is 0 Å². The molecule has 1 aromatic carbocycles. The fourth-order valence-corrected chi connectivity index (χ4v) is 2.64. The van der Waals surface area contributed by atoms with Crippen molar-refractivity contribution in [3.63, 3.8) is 0 Å². The Hall–Kier alpha value is -3.23. The Bertz CT molecular complexity index is 746. The lowest BCUT2D eigenvalue weighted by Crippen LogP contribution is -2.40. The first-order valence-electron chi connectivity index (χ1n) is 7.87. The molecular formula is C16H18N6O3. The van der Waals surface area contributed by atoms with E-state index in [4.69, 9.17) is 0 Å². The van der Waals surface area contributed by atoms with Crippen LogP contribution in [-0.2, 0) is 16.1 Å². The number of nitrogens with one attached hydrogen (secondary N) is 2. The van der Waals surface area contributed by atoms with Crippen LogP contribution >= 0.6 is 0 Å². The highest BCUT2D eigenvalue weighted by Crippen LogP contribution is 2.17. The molecule has 2 aromatic rings. The van der Waals surface area contributed by atoms with Crippen molar-refractivity contribution >= 4 is 17.8 Å². The number of nitrogens with zero attached hydrogens (tertiary/aromatic N) is 4. The van der Waals surface area contributed by atoms with Gasteiger partial charge in [0.1, 0.15) is 25.7 Å². The van der Waals surface area contributed by atoms with Crippen LogP contribution in [0.5, 0.6) is 0 Å². The predicted molar refractivity (Wildman–Crippen MR) is 87.1 cm³/mol. The number of urea groups is 1. The van der Waals surface area contributed by atoms with Gasteiger partial charge in [0, 0.05) is 6.54 Å². The third kappa shape index (κ3) is 4.40. The number of rotatable bonds is 7. The molecule has 1 saturated heterocycles. The van der Waals surface area contributed by atoms with Crippen molar-refractivity contribution in [2.24, 2.45) is 0 Å². The molecule has 1 aliphatic rings. The number of aryl methyl sites for hydroxylation is 1. The maximum absolute atomic E-state index is 12.3. The van der Waals surface area contributed by atoms with Crippen molar-refractivity contribution in [3.05, 3.63) is 48.5 Å². The topological polar surface area (TPSA) is 109 Å². The van der Waals surface area contributed by atoms with E-state index in [2.05, 4.69) is 20.7 Å². The average molecular weight is 342 g/mol. The average Bonchev–Trinajstić information content (AvgIpc) is 3.22. The van der Waals surface area contributed by atoms with E-state index in [-0.39, 0.29) is 25.0 Å². The smallest absolute Gasteiger partial charge is 0.325 e. The van der Waals surface area contributed by atoms with Crippen molar-refractivity contribution < 1.29 is 14.4 Å². The number of carbonyl (C=O) groups excluding carboxylic acids is 3. The van der Waals surface area contributed by atoms with Crippen molar-refractivity contribution in [3.8, 4) is 0 Å². The van der Waals surface area contributed by atoms with Gasteiger partial charge in [-0.25, -0.2) is 9.78 Å². The normalized spacial score (nSPS) is 15.1. The second kappa shape index (κ2) is 7.56. The largest absolute Gasteiger partial charge is 0.348 e. The van der Waals surface area contributed by atoms with Crippen LogP contribution in [0.3, 0.4) is 0 Å². The highest BCUT2D eigenvalue weighted by atomic mass is 16.2. The molecule has 2 heterocycles. The molecule has 9 heteroatoms. The van der Waals surface area contributed by atoms with Gasteiger partial charge in [0.05, 0.1) is 6.04 Å². The SMILES string of the molecule is O=C1CN(CC(=O)N[C@@H](CCn2cncn2)c2ccccc2)C(=O)N1. The van der Waals surface area contributed by atoms with Gasteiger partial charge < -0.3 is 10.2 Å². The van der Waals surface area contributed by atoms with E-state index in [0.717, 1.165) is 5.56 Å². The minimum absolute atomic E-state index is 0.0960. The summed E-state index contributed by atoms with van der Waals surface area (Å²) in [6.07, 6.45) is 3.69. The van der Waals surface area contributed by atoms with E-state index in [1.165, 1.54) is 11.2 Å². The van der Waals surface area contributed by atoms with Crippen molar-refractivity contribution in [1.29, 1.82) is 0 Å². The third-order valence-electron chi connectivity index (χ3n) is 3.85. The lowest BCUT2D eigenvalue weighted by molar-refractivity contribution is -0.122. The number of aromatic nitrogens is 3. The number of carbonyl (C=O) groups is 3. The summed E-state index contributed by atoms with van der Waals surface area (Å²) in [5.74, 6) is -0.721. The second-order valence-corrected chi connectivity index (χ2v) is 5.69. The lowest BCUT2D eigenvalue weighted by atomic mass is 10.0. The van der Waals surface area contributed by atoms with Crippen LogP contribution in [0.15, 0.2) is 43.0 Å². The fourth-order valence-electron chi connectivity index (χ4n) is 2.64. The molecule has 2 N–H and O–H groups in total. The first-order valence-corrected chi connectivity index (χ1v) is 7.87. The highest BCUT2D eigenvalue weighted by Gasteiger charge is 2.28. The van der Waals surface area contributed by atoms with Crippen LogP contribution in [0.4, 0.5) is 4.79 Å². The molecule has 1 fully saturated rings. The fraction of sp³-hybridized carbons (Fsp3) is 0.312. The number of amides is 4. The minimum atomic E-state index is -0.543. The first-order chi connectivity index (χ1) is 12.1. The summed E-state index contributed by atoms with van der Waals surface area (Å²) in [5.41, 5.74) is 0.956. The zero-order chi connectivity index (χ0) is 17.6. The molecule has 0 aliphatic carbocycles. The predicted octanol–water partition coefficient (Wildman–Crippen LogP) is 0.0775. The molecule has 0 radical (unpaired) electrons. The quantitative estimate of drug-likeness (QED) is 0.693. The summed E-state index contributed by atoms with van der Waals surface area (Å²) in [5, 5.41) is 9.13. The summed E-state index contributed by atoms with van der Waals surface area (Å²) < 4.78 is 1.69. The molecular weight excluding hydrogens is 324 g/mol. The van der Waals surface area contributed by atoms with Crippen molar-refractivity contribution in [1.82, 2.24) is 30.3 Å². The zero-order valence-corrected chi connectivity index (χ0v) is 13.5. The summed E-state index contributed by atoms with van der Waals surface area (Å²) in [6.45, 7) is 0.327. The van der Waals surface area contributed by atoms with Gasteiger partial charge in [-0.2, -0.15) is 5.10 Å². The second-order valence-electron chi connectivity index (χ2n) is 5.69. The maximum Gasteiger partial charge on any atom is 0.325 e. The van der Waals surface area contributed by atoms with Crippen molar-refractivity contribution in [2.45, 2.75) is 19.0 Å². The minimum Gasteiger partial charge on any atom is -0.348 e. The summed E-state index contributed by atoms with van der Waals surface area (Å²) in [4.78, 5) is 40.1. The maximum atomic E-state index is 12.3. The molecule has 25 heavy (non-hydrogen) atoms. The van der Waals surface area contributed by atoms with Gasteiger partial charge in [-0.3, -0.25) is 19.6 Å². The first kappa shape index (κ1) is 16.6. The van der Waals surface area contributed by atoms with Crippen LogP contribution < -0.4 is 10.6 Å². The summed E-state index contributed by atoms with van der Waals surface area (Å²) in [7, 11) is 0. The summed E-state index contributed by atoms with van der Waals surface area (Å²) >= 11 is 0. The standard InChI is InChI=1S/C16H18N6O3/c23-14(8-21-9-15(24)20-16(21)25)19-13(12-4-2-1-3-5-12)6-7-22-11-17-10-18-22/h1-5,10-11,13H,6-9H2,(H,19,23)(H,20,24,25)/t13-/m0/s1. The molecule has 130 valence electrons. The Morgan fingerprint density at radius 1 is 1.28 bits per heavy atom. The van der Waals surface area contributed by atoms with Gasteiger partial charge in [-0.05, 0) is 12.0 Å². The number of hydrogen-bond donors (Lipinski definition) is 2. The Kier molecular flexibility index (Phi) is 5.03. The molecule has 0 spiro atoms. The Labute approximate surface area is 144 Å². The van der Waals surface area contributed by atoms with Gasteiger partial charge in [0.25, 0.3) is 0 Å². The molecule has 0 saturated carbocycles. The number of imide groups is 1. The molecule has 4 amide bonds. The molecule has 0 bridgehead atoms. The highest BCUT2D eigenvalue weighted by molar-refractivity contribution is 6.03. The zero-order valence-electron chi connectivity index (χ0n) is 13.5. The van der Waals surface area contributed by atoms with Crippen molar-refractivity contribution in [2.75, 3.05) is 13.1 Å². The van der Waals surface area contributed by atoms with Gasteiger partial charge in [-0.1, -0.05) is 30.3 Å². The molecule has 1 aliphatic heterocycles. The van der Waals surface area contributed by atoms with Crippen LogP contribution in [0.1, 0.15) is 18.0 Å². The van der Waals surface area contributed by atoms with Crippen LogP contribution in [0.25, 0.3) is 0 Å². The Balaban J connectivity index is 1.63. The Morgan fingerprint density at radius 3 is 2.72 bits per heavy atom.